The Bertz CT molecular complexity index is 208. The molecule has 0 amide bonds. The van der Waals surface area contributed by atoms with E-state index in [1.807, 2.05) is 19.9 Å². The number of likely N-dealkylation sites (tertiary alicyclic amines) is 1. The molecule has 1 N–H and O–H groups in total. The van der Waals surface area contributed by atoms with Crippen LogP contribution >= 0.6 is 0 Å². The zero-order valence-corrected chi connectivity index (χ0v) is 9.17. The van der Waals surface area contributed by atoms with Gasteiger partial charge in [0.1, 0.15) is 0 Å². The van der Waals surface area contributed by atoms with Crippen LogP contribution in [0.2, 0.25) is 0 Å². The molecule has 2 unspecified atom stereocenters. The highest BCUT2D eigenvalue weighted by Crippen LogP contribution is 2.29. The summed E-state index contributed by atoms with van der Waals surface area (Å²) in [6.07, 6.45) is 2.88. The lowest BCUT2D eigenvalue weighted by molar-refractivity contribution is -0.0210. The van der Waals surface area contributed by atoms with E-state index in [1.165, 1.54) is 5.57 Å². The highest BCUT2D eigenvalue weighted by molar-refractivity contribution is 5.10. The molecule has 1 heterocycles. The van der Waals surface area contributed by atoms with E-state index in [-0.39, 0.29) is 0 Å². The van der Waals surface area contributed by atoms with Gasteiger partial charge in [-0.2, -0.15) is 0 Å². The minimum Gasteiger partial charge on any atom is -0.385 e. The molecule has 1 aliphatic heterocycles. The van der Waals surface area contributed by atoms with E-state index in [0.717, 1.165) is 19.5 Å². The molecule has 1 rings (SSSR count). The average Bonchev–Trinajstić information content (AvgIpc) is 1.97. The number of hydrogen-bond acceptors (Lipinski definition) is 2. The fourth-order valence-corrected chi connectivity index (χ4v) is 2.05. The second-order valence-corrected chi connectivity index (χ2v) is 4.63. The molecule has 1 fully saturated rings. The zero-order chi connectivity index (χ0) is 10.1. The van der Waals surface area contributed by atoms with Gasteiger partial charge in [-0.3, -0.25) is 0 Å². The summed E-state index contributed by atoms with van der Waals surface area (Å²) in [5.74, 6) is 0.334. The van der Waals surface area contributed by atoms with Crippen LogP contribution in [0.15, 0.2) is 11.6 Å². The molecule has 0 aliphatic carbocycles. The molecule has 2 atom stereocenters. The molecular weight excluding hydrogens is 162 g/mol. The van der Waals surface area contributed by atoms with Crippen molar-refractivity contribution < 1.29 is 5.11 Å². The van der Waals surface area contributed by atoms with Gasteiger partial charge in [0, 0.05) is 19.0 Å². The van der Waals surface area contributed by atoms with Gasteiger partial charge in [-0.25, -0.2) is 0 Å². The maximum Gasteiger partial charge on any atom is 0.0879 e. The van der Waals surface area contributed by atoms with Crippen molar-refractivity contribution in [3.05, 3.63) is 11.6 Å². The van der Waals surface area contributed by atoms with E-state index in [0.29, 0.717) is 5.92 Å². The topological polar surface area (TPSA) is 23.5 Å². The molecule has 0 bridgehead atoms. The second-order valence-electron chi connectivity index (χ2n) is 4.63. The van der Waals surface area contributed by atoms with Crippen molar-refractivity contribution >= 4 is 0 Å². The first-order chi connectivity index (χ1) is 5.94. The van der Waals surface area contributed by atoms with Gasteiger partial charge in [0.15, 0.2) is 0 Å². The summed E-state index contributed by atoms with van der Waals surface area (Å²) in [5.41, 5.74) is 0.643. The molecule has 0 aromatic heterocycles. The molecule has 0 radical (unpaired) electrons. The summed E-state index contributed by atoms with van der Waals surface area (Å²) >= 11 is 0. The Morgan fingerprint density at radius 2 is 2.15 bits per heavy atom. The van der Waals surface area contributed by atoms with Crippen LogP contribution in [-0.2, 0) is 0 Å². The fourth-order valence-electron chi connectivity index (χ4n) is 2.05. The van der Waals surface area contributed by atoms with Gasteiger partial charge in [0.05, 0.1) is 5.60 Å². The highest BCUT2D eigenvalue weighted by Gasteiger charge is 2.35. The fraction of sp³-hybridized carbons (Fsp3) is 0.818. The van der Waals surface area contributed by atoms with Crippen LogP contribution in [0, 0.1) is 5.92 Å². The third-order valence-electron chi connectivity index (χ3n) is 2.87. The van der Waals surface area contributed by atoms with Crippen molar-refractivity contribution in [2.45, 2.75) is 32.8 Å². The molecule has 1 aliphatic rings. The maximum absolute atomic E-state index is 10.3. The van der Waals surface area contributed by atoms with Crippen molar-refractivity contribution in [3.63, 3.8) is 0 Å². The number of rotatable bonds is 1. The Morgan fingerprint density at radius 3 is 2.62 bits per heavy atom. The predicted molar refractivity (Wildman–Crippen MR) is 55.7 cm³/mol. The summed E-state index contributed by atoms with van der Waals surface area (Å²) in [7, 11) is 2.11. The van der Waals surface area contributed by atoms with Crippen molar-refractivity contribution in [1.82, 2.24) is 4.90 Å². The Hall–Kier alpha value is -0.340. The third-order valence-corrected chi connectivity index (χ3v) is 2.87. The van der Waals surface area contributed by atoms with Gasteiger partial charge in [-0.1, -0.05) is 18.6 Å². The lowest BCUT2D eigenvalue weighted by atomic mass is 9.81. The Morgan fingerprint density at radius 1 is 1.54 bits per heavy atom. The van der Waals surface area contributed by atoms with Crippen LogP contribution in [-0.4, -0.2) is 35.7 Å². The summed E-state index contributed by atoms with van der Waals surface area (Å²) in [6, 6.07) is 0. The molecule has 1 saturated heterocycles. The monoisotopic (exact) mass is 183 g/mol. The van der Waals surface area contributed by atoms with E-state index in [9.17, 15) is 5.11 Å². The van der Waals surface area contributed by atoms with Crippen molar-refractivity contribution in [3.8, 4) is 0 Å². The first kappa shape index (κ1) is 10.7. The minimum atomic E-state index is -0.564. The normalized spacial score (nSPS) is 35.9. The molecule has 76 valence electrons. The first-order valence-electron chi connectivity index (χ1n) is 5.01. The first-order valence-corrected chi connectivity index (χ1v) is 5.01. The number of hydrogen-bond donors (Lipinski definition) is 1. The van der Waals surface area contributed by atoms with Gasteiger partial charge in [0.2, 0.25) is 0 Å². The molecule has 2 heteroatoms. The standard InChI is InChI=1S/C11H21NO/c1-9(2)7-11(13)5-6-12(4)8-10(11)3/h7,10,13H,5-6,8H2,1-4H3. The van der Waals surface area contributed by atoms with Crippen molar-refractivity contribution in [2.24, 2.45) is 5.92 Å². The Balaban J connectivity index is 2.73. The molecule has 13 heavy (non-hydrogen) atoms. The minimum absolute atomic E-state index is 0.334. The summed E-state index contributed by atoms with van der Waals surface area (Å²) in [6.45, 7) is 8.19. The van der Waals surface area contributed by atoms with Crippen molar-refractivity contribution in [1.29, 1.82) is 0 Å². The summed E-state index contributed by atoms with van der Waals surface area (Å²) < 4.78 is 0. The average molecular weight is 183 g/mol. The Kier molecular flexibility index (Phi) is 3.14. The SMILES string of the molecule is CC(C)=CC1(O)CCN(C)CC1C. The van der Waals surface area contributed by atoms with E-state index in [4.69, 9.17) is 0 Å². The van der Waals surface area contributed by atoms with Crippen LogP contribution in [0.4, 0.5) is 0 Å². The smallest absolute Gasteiger partial charge is 0.0879 e. The number of aliphatic hydroxyl groups is 1. The molecule has 2 nitrogen and oxygen atoms in total. The van der Waals surface area contributed by atoms with Crippen LogP contribution in [0.1, 0.15) is 27.2 Å². The molecular formula is C11H21NO. The molecule has 0 aromatic carbocycles. The van der Waals surface area contributed by atoms with Gasteiger partial charge in [0.25, 0.3) is 0 Å². The third kappa shape index (κ3) is 2.55. The zero-order valence-electron chi connectivity index (χ0n) is 9.17. The Labute approximate surface area is 81.2 Å². The lowest BCUT2D eigenvalue weighted by Gasteiger charge is -2.40. The van der Waals surface area contributed by atoms with Gasteiger partial charge < -0.3 is 10.0 Å². The largest absolute Gasteiger partial charge is 0.385 e. The number of nitrogens with zero attached hydrogens (tertiary/aromatic N) is 1. The van der Waals surface area contributed by atoms with Crippen LogP contribution in [0.3, 0.4) is 0 Å². The number of allylic oxidation sites excluding steroid dienone is 1. The van der Waals surface area contributed by atoms with E-state index < -0.39 is 5.60 Å². The van der Waals surface area contributed by atoms with E-state index in [1.54, 1.807) is 0 Å². The van der Waals surface area contributed by atoms with Gasteiger partial charge in [-0.15, -0.1) is 0 Å². The van der Waals surface area contributed by atoms with Crippen molar-refractivity contribution in [2.75, 3.05) is 20.1 Å². The molecule has 0 saturated carbocycles. The molecule has 0 aromatic rings. The second kappa shape index (κ2) is 3.81. The predicted octanol–water partition coefficient (Wildman–Crippen LogP) is 1.66. The maximum atomic E-state index is 10.3. The quantitative estimate of drug-likeness (QED) is 0.625. The lowest BCUT2D eigenvalue weighted by Crippen LogP contribution is -2.48. The van der Waals surface area contributed by atoms with Crippen LogP contribution in [0.25, 0.3) is 0 Å². The highest BCUT2D eigenvalue weighted by atomic mass is 16.3. The van der Waals surface area contributed by atoms with E-state index >= 15 is 0 Å². The summed E-state index contributed by atoms with van der Waals surface area (Å²) in [5, 5.41) is 10.3. The summed E-state index contributed by atoms with van der Waals surface area (Å²) in [4.78, 5) is 2.28. The van der Waals surface area contributed by atoms with Crippen LogP contribution < -0.4 is 0 Å². The number of piperidine rings is 1. The molecule has 0 spiro atoms. The van der Waals surface area contributed by atoms with Crippen LogP contribution in [0.5, 0.6) is 0 Å². The van der Waals surface area contributed by atoms with Gasteiger partial charge in [-0.05, 0) is 27.3 Å². The van der Waals surface area contributed by atoms with E-state index in [2.05, 4.69) is 18.9 Å². The van der Waals surface area contributed by atoms with Gasteiger partial charge >= 0.3 is 0 Å².